The monoisotopic (exact) mass is 1050 g/mol. The molecule has 12 heteroatoms. The van der Waals surface area contributed by atoms with Crippen molar-refractivity contribution in [3.63, 3.8) is 0 Å². The summed E-state index contributed by atoms with van der Waals surface area (Å²) >= 11 is 5.54. The van der Waals surface area contributed by atoms with E-state index in [2.05, 4.69) is 223 Å². The van der Waals surface area contributed by atoms with Crippen molar-refractivity contribution in [3.05, 3.63) is 156 Å². The van der Waals surface area contributed by atoms with Crippen LogP contribution in [0.2, 0.25) is 0 Å². The molecule has 6 nitrogen and oxygen atoms in total. The summed E-state index contributed by atoms with van der Waals surface area (Å²) in [5.74, 6) is 5.39. The van der Waals surface area contributed by atoms with Crippen LogP contribution >= 0.6 is 34.6 Å². The molecule has 0 bridgehead atoms. The lowest BCUT2D eigenvalue weighted by molar-refractivity contribution is 0.458. The summed E-state index contributed by atoms with van der Waals surface area (Å²) in [6.07, 6.45) is 2.19. The Bertz CT molecular complexity index is 4280. The van der Waals surface area contributed by atoms with Crippen molar-refractivity contribution in [2.45, 2.75) is 78.6 Å². The van der Waals surface area contributed by atoms with Gasteiger partial charge in [0.2, 0.25) is 0 Å². The fraction of sp³-hybridized carbons (Fsp3) is 0.200. The second-order valence-corrected chi connectivity index (χ2v) is 27.8. The first-order chi connectivity index (χ1) is 37.0. The number of hydrogen-bond donors (Lipinski definition) is 1. The van der Waals surface area contributed by atoms with Crippen LogP contribution in [0.4, 0.5) is 39.8 Å². The maximum absolute atomic E-state index is 7.37. The summed E-state index contributed by atoms with van der Waals surface area (Å²) in [5.41, 5.74) is 20.0. The Balaban J connectivity index is 0.956. The first kappa shape index (κ1) is 46.1. The minimum Gasteiger partial charge on any atom is -0.458 e. The molecule has 0 aliphatic carbocycles. The SMILES string of the molecule is CSN1c2cc3c(cc2B2c4sc5ccccc5c4Oc4cc(C(C)(C)C)cc1c42)B1c2cc4c(cc2Oc2cc(C(C)(C)C)cc(c21)O3)Nc1cc(C(C)(C)C)cc2c1B4c1sc3ccccc3c1N2c1ccccc1. The summed E-state index contributed by atoms with van der Waals surface area (Å²) in [6.45, 7) is 20.4. The first-order valence-corrected chi connectivity index (χ1v) is 29.8. The van der Waals surface area contributed by atoms with Crippen LogP contribution in [0.15, 0.2) is 140 Å². The van der Waals surface area contributed by atoms with E-state index < -0.39 is 0 Å². The number of fused-ring (bicyclic) bond motifs is 16. The standard InChI is InChI=1S/C65H54B3N3O3S3/c1-63(2,3)34-24-45-56-47(25-34)70(37-18-12-11-13-19-37)59-38-20-14-16-22-54(38)76-61(59)67(56)40-30-42-49(32-44(40)69-45)72-52-28-36(65(7,8)9)29-53-58(52)66(42)43-31-41-46(33-50(43)73-53)71(75-10)48-26-35(64(4,5)6)27-51-57(48)68(41)62-60(74-51)39-21-15-17-23-55(39)77-62/h11-33,69H,1-10H3. The van der Waals surface area contributed by atoms with Crippen LogP contribution in [0.1, 0.15) is 79.0 Å². The molecule has 10 aromatic rings. The second kappa shape index (κ2) is 15.6. The zero-order valence-electron chi connectivity index (χ0n) is 44.9. The molecule has 0 saturated carbocycles. The van der Waals surface area contributed by atoms with Gasteiger partial charge in [-0.05, 0) is 144 Å². The van der Waals surface area contributed by atoms with Gasteiger partial charge in [0.05, 0.1) is 17.1 Å². The molecule has 0 spiro atoms. The number of benzene rings is 8. The molecule has 8 heterocycles. The molecule has 0 amide bonds. The third-order valence-electron chi connectivity index (χ3n) is 17.1. The van der Waals surface area contributed by atoms with Crippen molar-refractivity contribution in [1.29, 1.82) is 0 Å². The topological polar surface area (TPSA) is 46.2 Å². The third kappa shape index (κ3) is 6.46. The van der Waals surface area contributed by atoms with E-state index in [1.807, 2.05) is 22.7 Å². The minimum atomic E-state index is -0.180. The van der Waals surface area contributed by atoms with Gasteiger partial charge in [-0.2, -0.15) is 0 Å². The average molecular weight is 1050 g/mol. The smallest absolute Gasteiger partial charge is 0.268 e. The Kier molecular flexibility index (Phi) is 9.36. The molecule has 0 unspecified atom stereocenters. The average Bonchev–Trinajstić information content (AvgIpc) is 4.14. The van der Waals surface area contributed by atoms with E-state index in [-0.39, 0.29) is 36.4 Å². The van der Waals surface area contributed by atoms with Crippen LogP contribution in [0, 0.1) is 0 Å². The van der Waals surface area contributed by atoms with Crippen molar-refractivity contribution < 1.29 is 14.2 Å². The summed E-state index contributed by atoms with van der Waals surface area (Å²) in [7, 11) is 0. The van der Waals surface area contributed by atoms with Crippen molar-refractivity contribution in [1.82, 2.24) is 0 Å². The highest BCUT2D eigenvalue weighted by Crippen LogP contribution is 2.50. The van der Waals surface area contributed by atoms with E-state index >= 15 is 0 Å². The highest BCUT2D eigenvalue weighted by atomic mass is 32.2. The number of hydrogen-bond acceptors (Lipinski definition) is 9. The second-order valence-electron chi connectivity index (χ2n) is 24.9. The number of nitrogens with one attached hydrogen (secondary N) is 1. The molecule has 77 heavy (non-hydrogen) atoms. The Morgan fingerprint density at radius 2 is 1.01 bits per heavy atom. The summed E-state index contributed by atoms with van der Waals surface area (Å²) in [6, 6.07) is 52.6. The molecule has 2 aromatic heterocycles. The highest BCUT2D eigenvalue weighted by Gasteiger charge is 2.50. The molecular formula is C65H54B3N3O3S3. The quantitative estimate of drug-likeness (QED) is 0.137. The summed E-state index contributed by atoms with van der Waals surface area (Å²) in [4.78, 5) is 2.55. The van der Waals surface area contributed by atoms with Crippen LogP contribution < -0.4 is 76.5 Å². The van der Waals surface area contributed by atoms with Gasteiger partial charge < -0.3 is 24.4 Å². The maximum atomic E-state index is 7.37. The molecule has 6 aliphatic rings. The number of ether oxygens (including phenoxy) is 3. The first-order valence-electron chi connectivity index (χ1n) is 26.9. The van der Waals surface area contributed by atoms with Gasteiger partial charge in [-0.3, -0.25) is 4.31 Å². The van der Waals surface area contributed by atoms with E-state index in [1.165, 1.54) is 79.9 Å². The predicted octanol–water partition coefficient (Wildman–Crippen LogP) is 12.4. The van der Waals surface area contributed by atoms with Gasteiger partial charge in [-0.1, -0.05) is 123 Å². The Morgan fingerprint density at radius 1 is 0.455 bits per heavy atom. The van der Waals surface area contributed by atoms with E-state index in [0.29, 0.717) is 0 Å². The van der Waals surface area contributed by atoms with Crippen LogP contribution in [-0.2, 0) is 16.2 Å². The molecule has 0 atom stereocenters. The van der Waals surface area contributed by atoms with E-state index in [0.717, 1.165) is 79.0 Å². The molecular weight excluding hydrogens is 999 g/mol. The predicted molar refractivity (Wildman–Crippen MR) is 333 cm³/mol. The molecule has 374 valence electrons. The van der Waals surface area contributed by atoms with Gasteiger partial charge in [0.25, 0.3) is 20.1 Å². The molecule has 8 aromatic carbocycles. The maximum Gasteiger partial charge on any atom is 0.268 e. The van der Waals surface area contributed by atoms with Crippen LogP contribution in [0.5, 0.6) is 34.5 Å². The number of para-hydroxylation sites is 1. The van der Waals surface area contributed by atoms with Crippen LogP contribution in [0.25, 0.3) is 20.2 Å². The van der Waals surface area contributed by atoms with Crippen molar-refractivity contribution in [3.8, 4) is 34.5 Å². The van der Waals surface area contributed by atoms with Gasteiger partial charge in [-0.15, -0.1) is 22.7 Å². The lowest BCUT2D eigenvalue weighted by Gasteiger charge is -2.42. The van der Waals surface area contributed by atoms with Gasteiger partial charge in [-0.25, -0.2) is 0 Å². The van der Waals surface area contributed by atoms with Gasteiger partial charge in [0.1, 0.15) is 34.5 Å². The Hall–Kier alpha value is -6.98. The molecule has 0 saturated heterocycles. The lowest BCUT2D eigenvalue weighted by Crippen LogP contribution is -2.64. The molecule has 0 fully saturated rings. The number of rotatable bonds is 2. The molecule has 1 N–H and O–H groups in total. The normalized spacial score (nSPS) is 15.0. The largest absolute Gasteiger partial charge is 0.458 e. The number of thiophene rings is 2. The molecule has 0 radical (unpaired) electrons. The zero-order valence-corrected chi connectivity index (χ0v) is 47.3. The zero-order chi connectivity index (χ0) is 52.3. The lowest BCUT2D eigenvalue weighted by atomic mass is 9.31. The summed E-state index contributed by atoms with van der Waals surface area (Å²) in [5, 5.41) is 6.53. The van der Waals surface area contributed by atoms with Crippen molar-refractivity contribution >= 4 is 163 Å². The van der Waals surface area contributed by atoms with Gasteiger partial charge in [0, 0.05) is 76.3 Å². The summed E-state index contributed by atoms with van der Waals surface area (Å²) < 4.78 is 29.4. The number of anilines is 7. The van der Waals surface area contributed by atoms with E-state index in [9.17, 15) is 0 Å². The van der Waals surface area contributed by atoms with Gasteiger partial charge in [0.15, 0.2) is 0 Å². The van der Waals surface area contributed by atoms with Gasteiger partial charge >= 0.3 is 0 Å². The third-order valence-corrected chi connectivity index (χ3v) is 20.3. The highest BCUT2D eigenvalue weighted by molar-refractivity contribution is 8.00. The van der Waals surface area contributed by atoms with Crippen LogP contribution in [0.3, 0.4) is 0 Å². The number of nitrogens with zero attached hydrogens (tertiary/aromatic N) is 2. The van der Waals surface area contributed by atoms with E-state index in [4.69, 9.17) is 14.2 Å². The molecule has 16 rings (SSSR count). The minimum absolute atomic E-state index is 0.0356. The Morgan fingerprint density at radius 3 is 1.70 bits per heavy atom. The fourth-order valence-corrected chi connectivity index (χ4v) is 16.6. The van der Waals surface area contributed by atoms with Crippen LogP contribution in [-0.4, -0.2) is 26.4 Å². The van der Waals surface area contributed by atoms with E-state index in [1.54, 1.807) is 11.9 Å². The Labute approximate surface area is 463 Å². The van der Waals surface area contributed by atoms with Crippen molar-refractivity contribution in [2.75, 3.05) is 20.8 Å². The van der Waals surface area contributed by atoms with Crippen molar-refractivity contribution in [2.24, 2.45) is 0 Å². The fourth-order valence-electron chi connectivity index (χ4n) is 13.3. The molecule has 6 aliphatic heterocycles.